The normalized spacial score (nSPS) is 24.5. The van der Waals surface area contributed by atoms with Crippen LogP contribution in [0.5, 0.6) is 5.88 Å². The minimum atomic E-state index is -0.271. The number of aromatic nitrogens is 2. The minimum Gasteiger partial charge on any atom is -0.473 e. The molecule has 94 valence electrons. The van der Waals surface area contributed by atoms with Crippen molar-refractivity contribution in [3.8, 4) is 5.88 Å². The van der Waals surface area contributed by atoms with Gasteiger partial charge < -0.3 is 15.5 Å². The highest BCUT2D eigenvalue weighted by atomic mass is 16.5. The van der Waals surface area contributed by atoms with Crippen LogP contribution < -0.4 is 16.0 Å². The maximum Gasteiger partial charge on any atom is 0.310 e. The Morgan fingerprint density at radius 2 is 2.18 bits per heavy atom. The highest BCUT2D eigenvalue weighted by Gasteiger charge is 2.24. The van der Waals surface area contributed by atoms with Crippen LogP contribution in [0.3, 0.4) is 0 Å². The molecular formula is C12H19N3O2. The van der Waals surface area contributed by atoms with E-state index < -0.39 is 0 Å². The fraction of sp³-hybridized carbons (Fsp3) is 0.667. The summed E-state index contributed by atoms with van der Waals surface area (Å²) < 4.78 is 5.50. The molecule has 0 spiro atoms. The fourth-order valence-corrected chi connectivity index (χ4v) is 2.44. The molecule has 1 fully saturated rings. The monoisotopic (exact) mass is 237 g/mol. The van der Waals surface area contributed by atoms with Crippen LogP contribution in [-0.2, 0) is 0 Å². The standard InChI is InChI=1S/C12H19N3O2/c13-7-9-3-1-2-4-10(9)8-17-12-11(16)14-5-6-15-12/h5-6,9-10H,1-4,7-8,13H2,(H,14,16). The molecule has 3 N–H and O–H groups in total. The van der Waals surface area contributed by atoms with Crippen molar-refractivity contribution in [1.29, 1.82) is 0 Å². The molecule has 0 amide bonds. The molecule has 2 rings (SSSR count). The van der Waals surface area contributed by atoms with E-state index >= 15 is 0 Å². The number of nitrogens with two attached hydrogens (primary N) is 1. The Labute approximate surface area is 100 Å². The molecule has 17 heavy (non-hydrogen) atoms. The van der Waals surface area contributed by atoms with Gasteiger partial charge in [0.15, 0.2) is 0 Å². The number of ether oxygens (including phenoxy) is 1. The number of H-pyrrole nitrogens is 1. The van der Waals surface area contributed by atoms with E-state index in [2.05, 4.69) is 9.97 Å². The van der Waals surface area contributed by atoms with E-state index in [4.69, 9.17) is 10.5 Å². The van der Waals surface area contributed by atoms with Gasteiger partial charge in [0.05, 0.1) is 6.61 Å². The molecule has 1 saturated carbocycles. The van der Waals surface area contributed by atoms with E-state index in [1.54, 1.807) is 0 Å². The SMILES string of the molecule is NCC1CCCCC1COc1ncc[nH]c1=O. The van der Waals surface area contributed by atoms with Gasteiger partial charge >= 0.3 is 5.56 Å². The first-order valence-electron chi connectivity index (χ1n) is 6.18. The van der Waals surface area contributed by atoms with Gasteiger partial charge in [-0.25, -0.2) is 4.98 Å². The zero-order valence-corrected chi connectivity index (χ0v) is 9.89. The Hall–Kier alpha value is -1.36. The van der Waals surface area contributed by atoms with Crippen molar-refractivity contribution in [2.75, 3.05) is 13.2 Å². The topological polar surface area (TPSA) is 81.0 Å². The van der Waals surface area contributed by atoms with Gasteiger partial charge in [0.25, 0.3) is 5.88 Å². The average Bonchev–Trinajstić information content (AvgIpc) is 2.38. The van der Waals surface area contributed by atoms with Crippen LogP contribution >= 0.6 is 0 Å². The lowest BCUT2D eigenvalue weighted by Gasteiger charge is -2.30. The molecule has 0 saturated heterocycles. The predicted molar refractivity (Wildman–Crippen MR) is 64.9 cm³/mol. The fourth-order valence-electron chi connectivity index (χ4n) is 2.44. The molecule has 5 nitrogen and oxygen atoms in total. The molecule has 1 aliphatic carbocycles. The summed E-state index contributed by atoms with van der Waals surface area (Å²) in [4.78, 5) is 17.8. The summed E-state index contributed by atoms with van der Waals surface area (Å²) in [6.07, 6.45) is 7.80. The van der Waals surface area contributed by atoms with Crippen molar-refractivity contribution in [3.05, 3.63) is 22.7 Å². The number of aromatic amines is 1. The molecule has 2 atom stereocenters. The molecule has 1 aliphatic rings. The Balaban J connectivity index is 1.93. The van der Waals surface area contributed by atoms with Crippen molar-refractivity contribution < 1.29 is 4.74 Å². The maximum absolute atomic E-state index is 11.4. The largest absolute Gasteiger partial charge is 0.473 e. The molecule has 2 unspecified atom stereocenters. The number of nitrogens with one attached hydrogen (secondary N) is 1. The lowest BCUT2D eigenvalue weighted by molar-refractivity contribution is 0.148. The minimum absolute atomic E-state index is 0.161. The zero-order valence-electron chi connectivity index (χ0n) is 9.89. The summed E-state index contributed by atoms with van der Waals surface area (Å²) >= 11 is 0. The van der Waals surface area contributed by atoms with Crippen molar-refractivity contribution >= 4 is 0 Å². The van der Waals surface area contributed by atoms with Gasteiger partial charge in [0, 0.05) is 12.4 Å². The van der Waals surface area contributed by atoms with E-state index in [0.717, 1.165) is 6.42 Å². The molecule has 1 heterocycles. The van der Waals surface area contributed by atoms with E-state index in [9.17, 15) is 4.79 Å². The zero-order chi connectivity index (χ0) is 12.1. The molecule has 0 radical (unpaired) electrons. The van der Waals surface area contributed by atoms with Gasteiger partial charge in [-0.2, -0.15) is 0 Å². The smallest absolute Gasteiger partial charge is 0.310 e. The van der Waals surface area contributed by atoms with Crippen molar-refractivity contribution in [2.24, 2.45) is 17.6 Å². The maximum atomic E-state index is 11.4. The predicted octanol–water partition coefficient (Wildman–Crippen LogP) is 0.914. The van der Waals surface area contributed by atoms with Crippen LogP contribution in [0, 0.1) is 11.8 Å². The van der Waals surface area contributed by atoms with Crippen molar-refractivity contribution in [3.63, 3.8) is 0 Å². The van der Waals surface area contributed by atoms with E-state index in [1.807, 2.05) is 0 Å². The van der Waals surface area contributed by atoms with Crippen molar-refractivity contribution in [1.82, 2.24) is 9.97 Å². The van der Waals surface area contributed by atoms with Gasteiger partial charge in [-0.3, -0.25) is 4.79 Å². The third-order valence-corrected chi connectivity index (χ3v) is 3.48. The highest BCUT2D eigenvalue weighted by Crippen LogP contribution is 2.29. The molecule has 0 bridgehead atoms. The van der Waals surface area contributed by atoms with Crippen LogP contribution in [0.1, 0.15) is 25.7 Å². The van der Waals surface area contributed by atoms with E-state index in [0.29, 0.717) is 25.0 Å². The molecule has 1 aromatic rings. The molecule has 0 aliphatic heterocycles. The Bertz CT molecular complexity index is 405. The first-order valence-corrected chi connectivity index (χ1v) is 6.18. The van der Waals surface area contributed by atoms with Crippen LogP contribution in [0.4, 0.5) is 0 Å². The number of rotatable bonds is 4. The van der Waals surface area contributed by atoms with Crippen molar-refractivity contribution in [2.45, 2.75) is 25.7 Å². The Morgan fingerprint density at radius 1 is 1.41 bits per heavy atom. The quantitative estimate of drug-likeness (QED) is 0.815. The molecule has 0 aromatic carbocycles. The van der Waals surface area contributed by atoms with Gasteiger partial charge in [-0.15, -0.1) is 0 Å². The van der Waals surface area contributed by atoms with E-state index in [-0.39, 0.29) is 11.4 Å². The van der Waals surface area contributed by atoms with Crippen LogP contribution in [0.25, 0.3) is 0 Å². The summed E-state index contributed by atoms with van der Waals surface area (Å²) in [5.74, 6) is 1.13. The third kappa shape index (κ3) is 3.06. The molecular weight excluding hydrogens is 218 g/mol. The lowest BCUT2D eigenvalue weighted by atomic mass is 9.80. The number of hydrogen-bond donors (Lipinski definition) is 2. The molecule has 5 heteroatoms. The van der Waals surface area contributed by atoms with Gasteiger partial charge in [0.1, 0.15) is 0 Å². The first kappa shape index (κ1) is 12.1. The summed E-state index contributed by atoms with van der Waals surface area (Å²) in [6.45, 7) is 1.24. The van der Waals surface area contributed by atoms with E-state index in [1.165, 1.54) is 31.7 Å². The molecule has 1 aromatic heterocycles. The Kier molecular flexibility index (Phi) is 4.14. The van der Waals surface area contributed by atoms with Crippen LogP contribution in [-0.4, -0.2) is 23.1 Å². The van der Waals surface area contributed by atoms with Gasteiger partial charge in [0.2, 0.25) is 0 Å². The highest BCUT2D eigenvalue weighted by molar-refractivity contribution is 5.02. The van der Waals surface area contributed by atoms with Gasteiger partial charge in [-0.05, 0) is 31.2 Å². The summed E-state index contributed by atoms with van der Waals surface area (Å²) in [7, 11) is 0. The summed E-state index contributed by atoms with van der Waals surface area (Å²) in [5, 5.41) is 0. The third-order valence-electron chi connectivity index (χ3n) is 3.48. The first-order chi connectivity index (χ1) is 8.31. The number of nitrogens with zero attached hydrogens (tertiary/aromatic N) is 1. The second-order valence-electron chi connectivity index (χ2n) is 4.57. The summed E-state index contributed by atoms with van der Waals surface area (Å²) in [6, 6.07) is 0. The second-order valence-corrected chi connectivity index (χ2v) is 4.57. The van der Waals surface area contributed by atoms with Gasteiger partial charge in [-0.1, -0.05) is 12.8 Å². The lowest BCUT2D eigenvalue weighted by Crippen LogP contribution is -2.31. The summed E-state index contributed by atoms with van der Waals surface area (Å²) in [5.41, 5.74) is 5.48. The second kappa shape index (κ2) is 5.82. The Morgan fingerprint density at radius 3 is 2.88 bits per heavy atom. The number of hydrogen-bond acceptors (Lipinski definition) is 4. The average molecular weight is 237 g/mol. The van der Waals surface area contributed by atoms with Crippen LogP contribution in [0.2, 0.25) is 0 Å². The van der Waals surface area contributed by atoms with Crippen LogP contribution in [0.15, 0.2) is 17.2 Å².